The molecule has 0 atom stereocenters. The Labute approximate surface area is 130 Å². The van der Waals surface area contributed by atoms with Gasteiger partial charge in [-0.15, -0.1) is 0 Å². The maximum atomic E-state index is 12.6. The van der Waals surface area contributed by atoms with Crippen molar-refractivity contribution in [2.75, 3.05) is 5.32 Å². The molecule has 2 rings (SSSR count). The molecule has 1 aromatic carbocycles. The fourth-order valence-corrected chi connectivity index (χ4v) is 1.71. The highest BCUT2D eigenvalue weighted by molar-refractivity contribution is 7.80. The van der Waals surface area contributed by atoms with Crippen molar-refractivity contribution in [2.45, 2.75) is 6.18 Å². The third-order valence-electron chi connectivity index (χ3n) is 2.50. The van der Waals surface area contributed by atoms with Gasteiger partial charge in [-0.25, -0.2) is 0 Å². The van der Waals surface area contributed by atoms with Gasteiger partial charge in [-0.3, -0.25) is 10.4 Å². The fourth-order valence-electron chi connectivity index (χ4n) is 1.54. The molecule has 0 radical (unpaired) electrons. The van der Waals surface area contributed by atoms with Crippen molar-refractivity contribution in [1.82, 2.24) is 10.4 Å². The molecule has 0 bridgehead atoms. The smallest absolute Gasteiger partial charge is 0.331 e. The van der Waals surface area contributed by atoms with Gasteiger partial charge in [0.2, 0.25) is 0 Å². The molecule has 0 spiro atoms. The predicted octanol–water partition coefficient (Wildman–Crippen LogP) is 3.42. The summed E-state index contributed by atoms with van der Waals surface area (Å²) in [5.41, 5.74) is 2.60. The molecule has 8 heteroatoms. The lowest BCUT2D eigenvalue weighted by Crippen LogP contribution is -2.24. The fraction of sp³-hybridized carbons (Fsp3) is 0.0714. The summed E-state index contributed by atoms with van der Waals surface area (Å²) in [7, 11) is 0. The van der Waals surface area contributed by atoms with Crippen LogP contribution in [-0.4, -0.2) is 16.3 Å². The van der Waals surface area contributed by atoms with E-state index in [4.69, 9.17) is 12.2 Å². The van der Waals surface area contributed by atoms with Gasteiger partial charge < -0.3 is 5.32 Å². The van der Waals surface area contributed by atoms with Crippen LogP contribution < -0.4 is 10.7 Å². The van der Waals surface area contributed by atoms with Crippen LogP contribution in [0.2, 0.25) is 0 Å². The largest absolute Gasteiger partial charge is 0.416 e. The molecule has 4 nitrogen and oxygen atoms in total. The van der Waals surface area contributed by atoms with Crippen LogP contribution in [0.5, 0.6) is 0 Å². The molecule has 2 aromatic rings. The van der Waals surface area contributed by atoms with Gasteiger partial charge in [-0.2, -0.15) is 18.3 Å². The molecule has 0 aliphatic heterocycles. The minimum Gasteiger partial charge on any atom is -0.331 e. The van der Waals surface area contributed by atoms with Gasteiger partial charge in [0.05, 0.1) is 17.5 Å². The van der Waals surface area contributed by atoms with E-state index in [0.29, 0.717) is 5.69 Å². The number of pyridine rings is 1. The molecule has 0 amide bonds. The molecule has 1 aromatic heterocycles. The highest BCUT2D eigenvalue weighted by atomic mass is 32.1. The van der Waals surface area contributed by atoms with Crippen molar-refractivity contribution in [2.24, 2.45) is 5.10 Å². The number of anilines is 1. The van der Waals surface area contributed by atoms with E-state index in [1.165, 1.54) is 18.3 Å². The monoisotopic (exact) mass is 324 g/mol. The average molecular weight is 324 g/mol. The Hall–Kier alpha value is -2.48. The summed E-state index contributed by atoms with van der Waals surface area (Å²) in [6.07, 6.45) is -1.34. The number of hydrogen-bond donors (Lipinski definition) is 2. The number of nitrogens with zero attached hydrogens (tertiary/aromatic N) is 2. The van der Waals surface area contributed by atoms with Gasteiger partial charge >= 0.3 is 6.18 Å². The maximum Gasteiger partial charge on any atom is 0.416 e. The van der Waals surface area contributed by atoms with Crippen LogP contribution in [-0.2, 0) is 6.18 Å². The van der Waals surface area contributed by atoms with Crippen LogP contribution in [0.4, 0.5) is 18.9 Å². The van der Waals surface area contributed by atoms with E-state index >= 15 is 0 Å². The zero-order chi connectivity index (χ0) is 16.0. The van der Waals surface area contributed by atoms with E-state index < -0.39 is 11.7 Å². The third kappa shape index (κ3) is 4.81. The highest BCUT2D eigenvalue weighted by Gasteiger charge is 2.30. The zero-order valence-corrected chi connectivity index (χ0v) is 11.9. The van der Waals surface area contributed by atoms with Gasteiger partial charge in [0.25, 0.3) is 0 Å². The van der Waals surface area contributed by atoms with E-state index in [-0.39, 0.29) is 10.8 Å². The maximum absolute atomic E-state index is 12.6. The number of hydrazone groups is 1. The summed E-state index contributed by atoms with van der Waals surface area (Å²) >= 11 is 4.95. The average Bonchev–Trinajstić information content (AvgIpc) is 2.48. The summed E-state index contributed by atoms with van der Waals surface area (Å²) in [4.78, 5) is 4.02. The van der Waals surface area contributed by atoms with Gasteiger partial charge in [-0.1, -0.05) is 12.1 Å². The lowest BCUT2D eigenvalue weighted by molar-refractivity contribution is -0.137. The second kappa shape index (κ2) is 6.99. The molecular formula is C14H11F3N4S. The summed E-state index contributed by atoms with van der Waals surface area (Å²) in [5, 5.41) is 6.55. The van der Waals surface area contributed by atoms with Gasteiger partial charge in [0.1, 0.15) is 0 Å². The predicted molar refractivity (Wildman–Crippen MR) is 82.6 cm³/mol. The first-order valence-corrected chi connectivity index (χ1v) is 6.54. The van der Waals surface area contributed by atoms with E-state index in [2.05, 4.69) is 20.8 Å². The van der Waals surface area contributed by atoms with E-state index in [1.54, 1.807) is 24.4 Å². The van der Waals surface area contributed by atoms with Gasteiger partial charge in [-0.05, 0) is 42.5 Å². The first-order chi connectivity index (χ1) is 10.4. The van der Waals surface area contributed by atoms with Crippen molar-refractivity contribution in [1.29, 1.82) is 0 Å². The van der Waals surface area contributed by atoms with Crippen LogP contribution in [0.3, 0.4) is 0 Å². The highest BCUT2D eigenvalue weighted by Crippen LogP contribution is 2.30. The van der Waals surface area contributed by atoms with Crippen LogP contribution in [0, 0.1) is 0 Å². The van der Waals surface area contributed by atoms with Crippen molar-refractivity contribution >= 4 is 29.2 Å². The number of alkyl halides is 3. The quantitative estimate of drug-likeness (QED) is 0.516. The number of thiocarbonyl (C=S) groups is 1. The van der Waals surface area contributed by atoms with Crippen LogP contribution in [0.1, 0.15) is 11.3 Å². The standard InChI is InChI=1S/C14H11F3N4S/c15-14(16,17)10-4-3-6-11(8-10)20-13(22)21-19-9-12-5-1-2-7-18-12/h1-9H,(H2,20,21,22)/b19-9-. The van der Waals surface area contributed by atoms with Crippen molar-refractivity contribution in [3.63, 3.8) is 0 Å². The molecule has 1 heterocycles. The Morgan fingerprint density at radius 1 is 1.18 bits per heavy atom. The van der Waals surface area contributed by atoms with E-state index in [0.717, 1.165) is 12.1 Å². The third-order valence-corrected chi connectivity index (χ3v) is 2.69. The molecule has 0 aliphatic rings. The Morgan fingerprint density at radius 2 is 2.00 bits per heavy atom. The number of hydrogen-bond acceptors (Lipinski definition) is 3. The normalized spacial score (nSPS) is 11.4. The number of aromatic nitrogens is 1. The van der Waals surface area contributed by atoms with Crippen LogP contribution in [0.15, 0.2) is 53.8 Å². The Bertz CT molecular complexity index is 671. The number of nitrogens with one attached hydrogen (secondary N) is 2. The minimum atomic E-state index is -4.40. The van der Waals surface area contributed by atoms with Crippen molar-refractivity contribution < 1.29 is 13.2 Å². The van der Waals surface area contributed by atoms with E-state index in [1.807, 2.05) is 0 Å². The van der Waals surface area contributed by atoms with Crippen LogP contribution >= 0.6 is 12.2 Å². The minimum absolute atomic E-state index is 0.0755. The van der Waals surface area contributed by atoms with Crippen molar-refractivity contribution in [3.8, 4) is 0 Å². The lowest BCUT2D eigenvalue weighted by Gasteiger charge is -2.10. The topological polar surface area (TPSA) is 49.3 Å². The molecule has 0 saturated carbocycles. The SMILES string of the molecule is FC(F)(F)c1cccc(NC(=S)N/N=C\c2ccccn2)c1. The summed E-state index contributed by atoms with van der Waals surface area (Å²) in [6, 6.07) is 10.0. The zero-order valence-electron chi connectivity index (χ0n) is 11.1. The summed E-state index contributed by atoms with van der Waals surface area (Å²) in [5.74, 6) is 0. The summed E-state index contributed by atoms with van der Waals surface area (Å²) in [6.45, 7) is 0. The molecule has 0 fully saturated rings. The number of halogens is 3. The number of rotatable bonds is 3. The molecule has 0 aliphatic carbocycles. The molecule has 22 heavy (non-hydrogen) atoms. The molecule has 0 saturated heterocycles. The Balaban J connectivity index is 1.94. The lowest BCUT2D eigenvalue weighted by atomic mass is 10.2. The van der Waals surface area contributed by atoms with Gasteiger partial charge in [0, 0.05) is 11.9 Å². The first kappa shape index (κ1) is 15.9. The number of benzene rings is 1. The first-order valence-electron chi connectivity index (χ1n) is 6.13. The second-order valence-corrected chi connectivity index (χ2v) is 4.57. The molecule has 114 valence electrons. The molecule has 0 unspecified atom stereocenters. The molecule has 2 N–H and O–H groups in total. The van der Waals surface area contributed by atoms with Crippen LogP contribution in [0.25, 0.3) is 0 Å². The summed E-state index contributed by atoms with van der Waals surface area (Å²) < 4.78 is 37.8. The Morgan fingerprint density at radius 3 is 2.68 bits per heavy atom. The second-order valence-electron chi connectivity index (χ2n) is 4.16. The van der Waals surface area contributed by atoms with Gasteiger partial charge in [0.15, 0.2) is 5.11 Å². The van der Waals surface area contributed by atoms with Crippen molar-refractivity contribution in [3.05, 3.63) is 59.9 Å². The molecular weight excluding hydrogens is 313 g/mol. The van der Waals surface area contributed by atoms with E-state index in [9.17, 15) is 13.2 Å². The Kier molecular flexibility index (Phi) is 5.05.